The molecule has 0 bridgehead atoms. The zero-order chi connectivity index (χ0) is 37.2. The minimum absolute atomic E-state index is 0.00415. The van der Waals surface area contributed by atoms with Crippen LogP contribution in [0.3, 0.4) is 0 Å². The van der Waals surface area contributed by atoms with Crippen molar-refractivity contribution in [3.63, 3.8) is 0 Å². The zero-order valence-corrected chi connectivity index (χ0v) is 32.1. The highest BCUT2D eigenvalue weighted by molar-refractivity contribution is 6.30. The van der Waals surface area contributed by atoms with Crippen LogP contribution in [0.2, 0.25) is 5.02 Å². The van der Waals surface area contributed by atoms with Crippen LogP contribution in [0.4, 0.5) is 4.79 Å². The first-order valence-electron chi connectivity index (χ1n) is 19.5. The van der Waals surface area contributed by atoms with Crippen LogP contribution in [0.25, 0.3) is 11.1 Å². The fourth-order valence-corrected chi connectivity index (χ4v) is 9.10. The summed E-state index contributed by atoms with van der Waals surface area (Å²) in [4.78, 5) is 42.7. The number of piperidine rings is 1. The van der Waals surface area contributed by atoms with Gasteiger partial charge in [0.15, 0.2) is 0 Å². The molecule has 0 unspecified atom stereocenters. The van der Waals surface area contributed by atoms with Crippen LogP contribution in [-0.2, 0) is 20.7 Å². The number of nitrogens with zero attached hydrogens (tertiary/aromatic N) is 2. The Morgan fingerprint density at radius 3 is 2.08 bits per heavy atom. The number of hydrogen-bond donors (Lipinski definition) is 3. The van der Waals surface area contributed by atoms with Crippen molar-refractivity contribution in [2.45, 2.75) is 95.7 Å². The molecule has 0 aromatic heterocycles. The number of hydrazine groups is 1. The van der Waals surface area contributed by atoms with E-state index < -0.39 is 11.5 Å². The number of likely N-dealkylation sites (tertiary alicyclic amines) is 1. The number of benzene rings is 3. The summed E-state index contributed by atoms with van der Waals surface area (Å²) in [6.45, 7) is 8.55. The second-order valence-corrected chi connectivity index (χ2v) is 17.1. The maximum atomic E-state index is 14.0. The molecule has 2 saturated heterocycles. The highest BCUT2D eigenvalue weighted by Gasteiger charge is 2.48. The molecular formula is C43H54ClN5O4. The van der Waals surface area contributed by atoms with Gasteiger partial charge in [-0.05, 0) is 98.7 Å². The summed E-state index contributed by atoms with van der Waals surface area (Å²) in [6, 6.07) is 23.6. The van der Waals surface area contributed by atoms with Gasteiger partial charge in [-0.25, -0.2) is 9.80 Å². The average Bonchev–Trinajstić information content (AvgIpc) is 3.45. The van der Waals surface area contributed by atoms with Crippen LogP contribution < -0.4 is 16.1 Å². The van der Waals surface area contributed by atoms with E-state index in [2.05, 4.69) is 40.3 Å². The largest absolute Gasteiger partial charge is 0.448 e. The highest BCUT2D eigenvalue weighted by atomic mass is 35.5. The molecule has 3 N–H and O–H groups in total. The van der Waals surface area contributed by atoms with Crippen LogP contribution >= 0.6 is 11.6 Å². The summed E-state index contributed by atoms with van der Waals surface area (Å²) >= 11 is 6.18. The second-order valence-electron chi connectivity index (χ2n) is 16.6. The molecule has 2 heterocycles. The van der Waals surface area contributed by atoms with E-state index in [-0.39, 0.29) is 42.0 Å². The Morgan fingerprint density at radius 1 is 0.868 bits per heavy atom. The normalized spacial score (nSPS) is 19.8. The van der Waals surface area contributed by atoms with Crippen molar-refractivity contribution < 1.29 is 19.1 Å². The van der Waals surface area contributed by atoms with Crippen molar-refractivity contribution in [3.8, 4) is 11.1 Å². The molecule has 3 fully saturated rings. The van der Waals surface area contributed by atoms with Gasteiger partial charge in [-0.1, -0.05) is 91.5 Å². The van der Waals surface area contributed by atoms with Crippen LogP contribution in [0.5, 0.6) is 0 Å². The van der Waals surface area contributed by atoms with Crippen molar-refractivity contribution in [3.05, 3.63) is 94.5 Å². The van der Waals surface area contributed by atoms with E-state index in [1.54, 1.807) is 4.90 Å². The quantitative estimate of drug-likeness (QED) is 0.206. The first-order valence-corrected chi connectivity index (χ1v) is 19.9. The van der Waals surface area contributed by atoms with Crippen molar-refractivity contribution in [2.24, 2.45) is 11.3 Å². The lowest BCUT2D eigenvalue weighted by Gasteiger charge is -2.47. The zero-order valence-electron chi connectivity index (χ0n) is 31.3. The number of hydrogen-bond acceptors (Lipinski definition) is 6. The maximum absolute atomic E-state index is 14.0. The third kappa shape index (κ3) is 8.43. The van der Waals surface area contributed by atoms with E-state index in [9.17, 15) is 14.4 Å². The number of nitrogens with one attached hydrogen (secondary N) is 3. The van der Waals surface area contributed by atoms with Gasteiger partial charge in [-0.3, -0.25) is 20.3 Å². The molecule has 2 aliphatic heterocycles. The predicted octanol–water partition coefficient (Wildman–Crippen LogP) is 7.08. The summed E-state index contributed by atoms with van der Waals surface area (Å²) in [5, 5.41) is 9.49. The minimum Gasteiger partial charge on any atom is -0.448 e. The molecule has 1 saturated carbocycles. The Labute approximate surface area is 319 Å². The molecule has 10 heteroatoms. The maximum Gasteiger partial charge on any atom is 0.409 e. The number of carbonyl (C=O) groups is 3. The first-order chi connectivity index (χ1) is 25.5. The fraction of sp³-hybridized carbons (Fsp3) is 0.512. The average molecular weight is 740 g/mol. The van der Waals surface area contributed by atoms with Gasteiger partial charge >= 0.3 is 6.09 Å². The molecule has 2 aliphatic carbocycles. The van der Waals surface area contributed by atoms with E-state index in [1.807, 2.05) is 74.3 Å². The molecule has 3 aromatic carbocycles. The Hall–Kier alpha value is -3.92. The van der Waals surface area contributed by atoms with E-state index in [4.69, 9.17) is 16.3 Å². The minimum atomic E-state index is -0.528. The van der Waals surface area contributed by atoms with Gasteiger partial charge in [0.2, 0.25) is 5.91 Å². The van der Waals surface area contributed by atoms with Crippen molar-refractivity contribution in [2.75, 3.05) is 32.8 Å². The van der Waals surface area contributed by atoms with Gasteiger partial charge in [-0.2, -0.15) is 0 Å². The van der Waals surface area contributed by atoms with Gasteiger partial charge in [0.05, 0.1) is 11.5 Å². The van der Waals surface area contributed by atoms with E-state index in [0.29, 0.717) is 56.4 Å². The summed E-state index contributed by atoms with van der Waals surface area (Å²) in [5.41, 5.74) is 8.24. The summed E-state index contributed by atoms with van der Waals surface area (Å²) in [7, 11) is 0. The molecule has 3 amide bonds. The summed E-state index contributed by atoms with van der Waals surface area (Å²) in [6.07, 6.45) is 7.33. The molecule has 53 heavy (non-hydrogen) atoms. The van der Waals surface area contributed by atoms with E-state index >= 15 is 0 Å². The Bertz CT molecular complexity index is 1730. The van der Waals surface area contributed by atoms with Crippen LogP contribution in [0.15, 0.2) is 72.8 Å². The molecule has 0 radical (unpaired) electrons. The number of ether oxygens (including phenoxy) is 1. The topological polar surface area (TPSA) is 103 Å². The lowest BCUT2D eigenvalue weighted by atomic mass is 9.63. The van der Waals surface area contributed by atoms with Crippen molar-refractivity contribution >= 4 is 29.5 Å². The third-order valence-electron chi connectivity index (χ3n) is 11.8. The highest BCUT2D eigenvalue weighted by Crippen LogP contribution is 2.47. The molecule has 4 aliphatic rings. The van der Waals surface area contributed by atoms with Crippen molar-refractivity contribution in [1.29, 1.82) is 0 Å². The Kier molecular flexibility index (Phi) is 11.2. The second kappa shape index (κ2) is 15.8. The predicted molar refractivity (Wildman–Crippen MR) is 208 cm³/mol. The molecule has 3 aromatic rings. The number of amides is 3. The first kappa shape index (κ1) is 37.4. The molecule has 9 nitrogen and oxygen atoms in total. The van der Waals surface area contributed by atoms with Gasteiger partial charge < -0.3 is 15.0 Å². The number of rotatable bonds is 10. The Balaban J connectivity index is 0.956. The third-order valence-corrected chi connectivity index (χ3v) is 12.1. The standard InChI is InChI=1S/C43H54ClN5O4/c1-42(2,3)46-40(51)43(30-11-5-4-6-12-30)21-23-49(24-22-43)47-39(50)38(25-29-17-19-31(44)20-18-29)45-32-26-48(27-32)41(52)53-28-37-35-15-9-7-13-33(35)34-14-8-10-16-36(34)37/h7-10,13-20,30,32,37-38,45H,4-6,11-12,21-28H2,1-3H3,(H,46,51)(H,47,50)/t38-/m1/s1. The van der Waals surface area contributed by atoms with Gasteiger partial charge in [0.25, 0.3) is 5.91 Å². The van der Waals surface area contributed by atoms with Gasteiger partial charge in [0.1, 0.15) is 6.61 Å². The molecular weight excluding hydrogens is 686 g/mol. The van der Waals surface area contributed by atoms with Gasteiger partial charge in [0, 0.05) is 48.7 Å². The smallest absolute Gasteiger partial charge is 0.409 e. The fourth-order valence-electron chi connectivity index (χ4n) is 8.98. The van der Waals surface area contributed by atoms with Gasteiger partial charge in [-0.15, -0.1) is 0 Å². The van der Waals surface area contributed by atoms with Crippen LogP contribution in [-0.4, -0.2) is 78.2 Å². The summed E-state index contributed by atoms with van der Waals surface area (Å²) in [5.74, 6) is 0.415. The monoisotopic (exact) mass is 739 g/mol. The summed E-state index contributed by atoms with van der Waals surface area (Å²) < 4.78 is 5.89. The van der Waals surface area contributed by atoms with Crippen LogP contribution in [0.1, 0.15) is 88.3 Å². The van der Waals surface area contributed by atoms with Crippen LogP contribution in [0, 0.1) is 11.3 Å². The molecule has 7 rings (SSSR count). The number of halogens is 1. The molecule has 1 atom stereocenters. The Morgan fingerprint density at radius 2 is 1.47 bits per heavy atom. The SMILES string of the molecule is CC(C)(C)NC(=O)C1(C2CCCCC2)CCN(NC(=O)[C@@H](Cc2ccc(Cl)cc2)NC2CN(C(=O)OCC3c4ccccc4-c4ccccc43)C2)CC1. The lowest BCUT2D eigenvalue weighted by Crippen LogP contribution is -2.65. The van der Waals surface area contributed by atoms with E-state index in [1.165, 1.54) is 41.5 Å². The number of fused-ring (bicyclic) bond motifs is 3. The van der Waals surface area contributed by atoms with Crippen molar-refractivity contribution in [1.82, 2.24) is 26.0 Å². The molecule has 0 spiro atoms. The van der Waals surface area contributed by atoms with E-state index in [0.717, 1.165) is 18.4 Å². The molecule has 282 valence electrons. The number of carbonyl (C=O) groups excluding carboxylic acids is 3. The lowest BCUT2D eigenvalue weighted by molar-refractivity contribution is -0.143.